The maximum atomic E-state index is 12.4. The third-order valence-corrected chi connectivity index (χ3v) is 3.97. The number of carbonyl (C=O) groups is 3. The Morgan fingerprint density at radius 3 is 2.42 bits per heavy atom. The highest BCUT2D eigenvalue weighted by atomic mass is 16.5. The second-order valence-corrected chi connectivity index (χ2v) is 6.02. The molecule has 0 saturated carbocycles. The standard InChI is InChI=1S/C19H22N2O5/c1-10-7-6-8-14(9-10)21-17(22)13(4)26-19(24)16-11(2)15(12(3)20-16)18(23)25-5/h6-9,13,20H,1-5H3,(H,21,22)/t13-/m0/s1. The normalized spacial score (nSPS) is 11.6. The van der Waals surface area contributed by atoms with Crippen molar-refractivity contribution in [2.24, 2.45) is 0 Å². The van der Waals surface area contributed by atoms with Gasteiger partial charge in [-0.1, -0.05) is 12.1 Å². The van der Waals surface area contributed by atoms with Crippen molar-refractivity contribution in [3.8, 4) is 0 Å². The van der Waals surface area contributed by atoms with Crippen LogP contribution in [0.3, 0.4) is 0 Å². The molecule has 0 aliphatic heterocycles. The van der Waals surface area contributed by atoms with Gasteiger partial charge in [0.1, 0.15) is 5.69 Å². The molecule has 1 aromatic carbocycles. The highest BCUT2D eigenvalue weighted by Gasteiger charge is 2.26. The first-order valence-electron chi connectivity index (χ1n) is 8.10. The van der Waals surface area contributed by atoms with Gasteiger partial charge in [-0.25, -0.2) is 9.59 Å². The number of amides is 1. The van der Waals surface area contributed by atoms with Crippen molar-refractivity contribution in [1.82, 2.24) is 4.98 Å². The predicted molar refractivity (Wildman–Crippen MR) is 96.3 cm³/mol. The van der Waals surface area contributed by atoms with Crippen LogP contribution in [-0.2, 0) is 14.3 Å². The van der Waals surface area contributed by atoms with E-state index in [0.29, 0.717) is 16.9 Å². The van der Waals surface area contributed by atoms with Gasteiger partial charge in [-0.05, 0) is 51.0 Å². The Balaban J connectivity index is 2.09. The van der Waals surface area contributed by atoms with Crippen LogP contribution in [0.2, 0.25) is 0 Å². The molecule has 1 atom stereocenters. The number of hydrogen-bond donors (Lipinski definition) is 2. The SMILES string of the molecule is COC(=O)c1c(C)[nH]c(C(=O)O[C@@H](C)C(=O)Nc2cccc(C)c2)c1C. The molecule has 26 heavy (non-hydrogen) atoms. The van der Waals surface area contributed by atoms with Crippen LogP contribution in [0.15, 0.2) is 24.3 Å². The summed E-state index contributed by atoms with van der Waals surface area (Å²) in [5.41, 5.74) is 2.95. The van der Waals surface area contributed by atoms with Gasteiger partial charge in [0.15, 0.2) is 6.10 Å². The molecule has 0 aliphatic carbocycles. The van der Waals surface area contributed by atoms with Gasteiger partial charge in [0.05, 0.1) is 12.7 Å². The minimum Gasteiger partial charge on any atom is -0.465 e. The van der Waals surface area contributed by atoms with E-state index in [-0.39, 0.29) is 11.3 Å². The Labute approximate surface area is 151 Å². The summed E-state index contributed by atoms with van der Waals surface area (Å²) in [5.74, 6) is -1.70. The molecule has 138 valence electrons. The first-order valence-corrected chi connectivity index (χ1v) is 8.10. The number of rotatable bonds is 5. The Kier molecular flexibility index (Phi) is 5.82. The molecule has 2 N–H and O–H groups in total. The van der Waals surface area contributed by atoms with E-state index in [0.717, 1.165) is 5.56 Å². The molecular weight excluding hydrogens is 336 g/mol. The lowest BCUT2D eigenvalue weighted by Crippen LogP contribution is -2.30. The zero-order valence-electron chi connectivity index (χ0n) is 15.4. The van der Waals surface area contributed by atoms with Crippen molar-refractivity contribution in [2.75, 3.05) is 12.4 Å². The summed E-state index contributed by atoms with van der Waals surface area (Å²) >= 11 is 0. The van der Waals surface area contributed by atoms with Crippen LogP contribution in [0.1, 0.15) is 44.6 Å². The number of anilines is 1. The second-order valence-electron chi connectivity index (χ2n) is 6.02. The van der Waals surface area contributed by atoms with Gasteiger partial charge in [-0.3, -0.25) is 4.79 Å². The molecule has 1 aromatic heterocycles. The number of ether oxygens (including phenoxy) is 2. The molecule has 2 aromatic rings. The zero-order valence-corrected chi connectivity index (χ0v) is 15.4. The van der Waals surface area contributed by atoms with E-state index in [9.17, 15) is 14.4 Å². The average Bonchev–Trinajstić information content (AvgIpc) is 2.88. The number of methoxy groups -OCH3 is 1. The first kappa shape index (κ1) is 19.2. The molecule has 0 aliphatic rings. The van der Waals surface area contributed by atoms with E-state index >= 15 is 0 Å². The van der Waals surface area contributed by atoms with Gasteiger partial charge in [0, 0.05) is 11.4 Å². The molecule has 0 saturated heterocycles. The van der Waals surface area contributed by atoms with E-state index < -0.39 is 23.9 Å². The summed E-state index contributed by atoms with van der Waals surface area (Å²) in [6.07, 6.45) is -1.01. The van der Waals surface area contributed by atoms with E-state index in [4.69, 9.17) is 9.47 Å². The topological polar surface area (TPSA) is 97.5 Å². The van der Waals surface area contributed by atoms with E-state index in [1.807, 2.05) is 25.1 Å². The molecule has 2 rings (SSSR count). The number of aryl methyl sites for hydroxylation is 2. The van der Waals surface area contributed by atoms with Crippen LogP contribution < -0.4 is 5.32 Å². The molecule has 1 heterocycles. The summed E-state index contributed by atoms with van der Waals surface area (Å²) in [6, 6.07) is 7.30. The fraction of sp³-hybridized carbons (Fsp3) is 0.316. The van der Waals surface area contributed by atoms with Crippen molar-refractivity contribution in [2.45, 2.75) is 33.8 Å². The Hall–Kier alpha value is -3.09. The number of hydrogen-bond acceptors (Lipinski definition) is 5. The molecule has 7 nitrogen and oxygen atoms in total. The van der Waals surface area contributed by atoms with Crippen LogP contribution >= 0.6 is 0 Å². The minimum atomic E-state index is -1.01. The van der Waals surface area contributed by atoms with Crippen molar-refractivity contribution < 1.29 is 23.9 Å². The molecule has 0 unspecified atom stereocenters. The van der Waals surface area contributed by atoms with Gasteiger partial charge in [0.2, 0.25) is 0 Å². The Bertz CT molecular complexity index is 854. The quantitative estimate of drug-likeness (QED) is 0.801. The van der Waals surface area contributed by atoms with Gasteiger partial charge in [-0.15, -0.1) is 0 Å². The molecular formula is C19H22N2O5. The summed E-state index contributed by atoms with van der Waals surface area (Å²) < 4.78 is 9.94. The number of nitrogens with one attached hydrogen (secondary N) is 2. The third kappa shape index (κ3) is 4.11. The van der Waals surface area contributed by atoms with Crippen LogP contribution in [0.4, 0.5) is 5.69 Å². The highest BCUT2D eigenvalue weighted by Crippen LogP contribution is 2.20. The summed E-state index contributed by atoms with van der Waals surface area (Å²) in [4.78, 5) is 39.2. The van der Waals surface area contributed by atoms with Gasteiger partial charge in [-0.2, -0.15) is 0 Å². The van der Waals surface area contributed by atoms with Crippen molar-refractivity contribution in [3.63, 3.8) is 0 Å². The molecule has 0 fully saturated rings. The fourth-order valence-electron chi connectivity index (χ4n) is 2.60. The number of benzene rings is 1. The number of carbonyl (C=O) groups excluding carboxylic acids is 3. The predicted octanol–water partition coefficient (Wildman–Crippen LogP) is 2.91. The van der Waals surface area contributed by atoms with E-state index in [2.05, 4.69) is 10.3 Å². The first-order chi connectivity index (χ1) is 12.2. The molecule has 0 bridgehead atoms. The lowest BCUT2D eigenvalue weighted by molar-refractivity contribution is -0.123. The maximum Gasteiger partial charge on any atom is 0.355 e. The van der Waals surface area contributed by atoms with Crippen LogP contribution in [-0.4, -0.2) is 36.0 Å². The Morgan fingerprint density at radius 1 is 1.12 bits per heavy atom. The average molecular weight is 358 g/mol. The van der Waals surface area contributed by atoms with Crippen molar-refractivity contribution in [1.29, 1.82) is 0 Å². The van der Waals surface area contributed by atoms with E-state index in [1.165, 1.54) is 14.0 Å². The largest absolute Gasteiger partial charge is 0.465 e. The second kappa shape index (κ2) is 7.86. The third-order valence-electron chi connectivity index (χ3n) is 3.97. The van der Waals surface area contributed by atoms with Crippen LogP contribution in [0, 0.1) is 20.8 Å². The molecule has 7 heteroatoms. The molecule has 0 spiro atoms. The van der Waals surface area contributed by atoms with Crippen LogP contribution in [0.5, 0.6) is 0 Å². The zero-order chi connectivity index (χ0) is 19.4. The van der Waals surface area contributed by atoms with Crippen LogP contribution in [0.25, 0.3) is 0 Å². The lowest BCUT2D eigenvalue weighted by atomic mass is 10.1. The number of aromatic nitrogens is 1. The Morgan fingerprint density at radius 2 is 1.81 bits per heavy atom. The van der Waals surface area contributed by atoms with Crippen molar-refractivity contribution in [3.05, 3.63) is 52.3 Å². The summed E-state index contributed by atoms with van der Waals surface area (Å²) in [7, 11) is 1.27. The highest BCUT2D eigenvalue weighted by molar-refractivity contribution is 6.00. The van der Waals surface area contributed by atoms with Gasteiger partial charge < -0.3 is 19.8 Å². The smallest absolute Gasteiger partial charge is 0.355 e. The van der Waals surface area contributed by atoms with Crippen molar-refractivity contribution >= 4 is 23.5 Å². The number of esters is 2. The van der Waals surface area contributed by atoms with Gasteiger partial charge >= 0.3 is 11.9 Å². The molecule has 1 amide bonds. The number of H-pyrrole nitrogens is 1. The monoisotopic (exact) mass is 358 g/mol. The van der Waals surface area contributed by atoms with Gasteiger partial charge in [0.25, 0.3) is 5.91 Å². The van der Waals surface area contributed by atoms with E-state index in [1.54, 1.807) is 19.9 Å². The summed E-state index contributed by atoms with van der Waals surface area (Å²) in [6.45, 7) is 6.66. The number of aromatic amines is 1. The summed E-state index contributed by atoms with van der Waals surface area (Å²) in [5, 5.41) is 2.70. The minimum absolute atomic E-state index is 0.123. The maximum absolute atomic E-state index is 12.4. The molecule has 0 radical (unpaired) electrons. The lowest BCUT2D eigenvalue weighted by Gasteiger charge is -2.13. The fourth-order valence-corrected chi connectivity index (χ4v) is 2.60.